The minimum atomic E-state index is -3.23. The lowest BCUT2D eigenvalue weighted by Crippen LogP contribution is -1.96. The Balaban J connectivity index is 1.73. The quantitative estimate of drug-likeness (QED) is 0.437. The number of aromatic nitrogens is 3. The monoisotopic (exact) mass is 405 g/mol. The van der Waals surface area contributed by atoms with Gasteiger partial charge in [0, 0.05) is 11.8 Å². The Labute approximate surface area is 165 Å². The second kappa shape index (κ2) is 6.25. The molecular formula is C21H15N3O2S2. The van der Waals surface area contributed by atoms with Crippen molar-refractivity contribution >= 4 is 36.9 Å². The summed E-state index contributed by atoms with van der Waals surface area (Å²) in [6.07, 6.45) is 2.76. The first-order valence-corrected chi connectivity index (χ1v) is 11.3. The normalized spacial score (nSPS) is 12.0. The molecule has 0 radical (unpaired) electrons. The number of thiazole rings is 1. The SMILES string of the molecule is CS(=O)(=O)c1ccc(-c2sc3ncnn3c2-c2ccc3ccccc3c2)cc1. The second-order valence-corrected chi connectivity index (χ2v) is 9.59. The molecule has 0 amide bonds. The van der Waals surface area contributed by atoms with Gasteiger partial charge in [-0.05, 0) is 34.5 Å². The minimum absolute atomic E-state index is 0.308. The molecule has 7 heteroatoms. The molecule has 2 heterocycles. The van der Waals surface area contributed by atoms with Gasteiger partial charge in [-0.2, -0.15) is 5.10 Å². The number of nitrogens with zero attached hydrogens (tertiary/aromatic N) is 3. The molecule has 138 valence electrons. The summed E-state index contributed by atoms with van der Waals surface area (Å²) in [5.41, 5.74) is 2.93. The number of rotatable bonds is 3. The van der Waals surface area contributed by atoms with Crippen molar-refractivity contribution in [2.24, 2.45) is 0 Å². The van der Waals surface area contributed by atoms with Crippen LogP contribution in [0.3, 0.4) is 0 Å². The smallest absolute Gasteiger partial charge is 0.213 e. The zero-order valence-electron chi connectivity index (χ0n) is 14.9. The average Bonchev–Trinajstić information content (AvgIpc) is 3.28. The molecule has 0 fully saturated rings. The molecule has 5 nitrogen and oxygen atoms in total. The molecule has 0 N–H and O–H groups in total. The molecule has 0 aliphatic carbocycles. The van der Waals surface area contributed by atoms with Gasteiger partial charge < -0.3 is 0 Å². The maximum Gasteiger partial charge on any atom is 0.213 e. The maximum absolute atomic E-state index is 11.8. The zero-order valence-corrected chi connectivity index (χ0v) is 16.5. The minimum Gasteiger partial charge on any atom is -0.224 e. The number of hydrogen-bond donors (Lipinski definition) is 0. The van der Waals surface area contributed by atoms with Gasteiger partial charge in [0.25, 0.3) is 0 Å². The number of hydrogen-bond acceptors (Lipinski definition) is 5. The van der Waals surface area contributed by atoms with Crippen LogP contribution in [0, 0.1) is 0 Å². The van der Waals surface area contributed by atoms with Crippen molar-refractivity contribution in [3.8, 4) is 21.7 Å². The van der Waals surface area contributed by atoms with Crippen LogP contribution in [0.5, 0.6) is 0 Å². The van der Waals surface area contributed by atoms with Crippen molar-refractivity contribution < 1.29 is 8.42 Å². The van der Waals surface area contributed by atoms with Crippen molar-refractivity contribution in [3.63, 3.8) is 0 Å². The van der Waals surface area contributed by atoms with E-state index in [0.717, 1.165) is 32.0 Å². The number of sulfone groups is 1. The lowest BCUT2D eigenvalue weighted by molar-refractivity contribution is 0.602. The van der Waals surface area contributed by atoms with E-state index < -0.39 is 9.84 Å². The first kappa shape index (κ1) is 17.1. The number of fused-ring (bicyclic) bond motifs is 2. The van der Waals surface area contributed by atoms with Gasteiger partial charge in [-0.15, -0.1) is 0 Å². The van der Waals surface area contributed by atoms with Crippen molar-refractivity contribution in [1.29, 1.82) is 0 Å². The molecule has 0 saturated heterocycles. The fraction of sp³-hybridized carbons (Fsp3) is 0.0476. The Morgan fingerprint density at radius 2 is 1.61 bits per heavy atom. The standard InChI is InChI=1S/C21H15N3O2S2/c1-28(25,26)18-10-8-15(9-11-18)20-19(24-21(27-20)22-13-23-24)17-7-6-14-4-2-3-5-16(14)12-17/h2-13H,1H3. The Bertz CT molecular complexity index is 1430. The van der Waals surface area contributed by atoms with E-state index >= 15 is 0 Å². The summed E-state index contributed by atoms with van der Waals surface area (Å²) in [7, 11) is -3.23. The molecular weight excluding hydrogens is 390 g/mol. The third kappa shape index (κ3) is 2.80. The first-order valence-electron chi connectivity index (χ1n) is 8.63. The van der Waals surface area contributed by atoms with E-state index in [1.54, 1.807) is 18.5 Å². The largest absolute Gasteiger partial charge is 0.224 e. The summed E-state index contributed by atoms with van der Waals surface area (Å²) in [4.78, 5) is 6.46. The van der Waals surface area contributed by atoms with Crippen LogP contribution in [0.15, 0.2) is 78.0 Å². The molecule has 0 atom stereocenters. The van der Waals surface area contributed by atoms with Gasteiger partial charge in [0.2, 0.25) is 4.96 Å². The van der Waals surface area contributed by atoms with Crippen molar-refractivity contribution in [3.05, 3.63) is 73.1 Å². The van der Waals surface area contributed by atoms with Gasteiger partial charge >= 0.3 is 0 Å². The van der Waals surface area contributed by atoms with Crippen LogP contribution >= 0.6 is 11.3 Å². The van der Waals surface area contributed by atoms with E-state index in [1.807, 2.05) is 28.8 Å². The summed E-state index contributed by atoms with van der Waals surface area (Å²) < 4.78 is 25.4. The topological polar surface area (TPSA) is 64.3 Å². The van der Waals surface area contributed by atoms with Crippen LogP contribution in [-0.2, 0) is 9.84 Å². The Morgan fingerprint density at radius 3 is 2.36 bits per heavy atom. The lowest BCUT2D eigenvalue weighted by Gasteiger charge is -2.07. The Hall–Kier alpha value is -3.03. The van der Waals surface area contributed by atoms with Gasteiger partial charge in [0.05, 0.1) is 15.5 Å². The molecule has 28 heavy (non-hydrogen) atoms. The highest BCUT2D eigenvalue weighted by Gasteiger charge is 2.18. The summed E-state index contributed by atoms with van der Waals surface area (Å²) in [6, 6.07) is 21.5. The fourth-order valence-corrected chi connectivity index (χ4v) is 5.02. The van der Waals surface area contributed by atoms with Crippen LogP contribution < -0.4 is 0 Å². The van der Waals surface area contributed by atoms with E-state index in [2.05, 4.69) is 40.4 Å². The molecule has 0 aliphatic rings. The Kier molecular flexibility index (Phi) is 3.82. The van der Waals surface area contributed by atoms with Gasteiger partial charge in [0.15, 0.2) is 9.84 Å². The number of benzene rings is 3. The molecule has 0 bridgehead atoms. The molecule has 5 rings (SSSR count). The van der Waals surface area contributed by atoms with E-state index in [1.165, 1.54) is 23.0 Å². The van der Waals surface area contributed by atoms with Crippen LogP contribution in [0.25, 0.3) is 37.4 Å². The van der Waals surface area contributed by atoms with Crippen LogP contribution in [0.1, 0.15) is 0 Å². The van der Waals surface area contributed by atoms with E-state index in [0.29, 0.717) is 4.90 Å². The zero-order chi connectivity index (χ0) is 19.3. The average molecular weight is 406 g/mol. The van der Waals surface area contributed by atoms with Crippen molar-refractivity contribution in [2.75, 3.05) is 6.26 Å². The van der Waals surface area contributed by atoms with E-state index in [4.69, 9.17) is 0 Å². The molecule has 0 saturated carbocycles. The van der Waals surface area contributed by atoms with E-state index in [-0.39, 0.29) is 0 Å². The fourth-order valence-electron chi connectivity index (χ4n) is 3.33. The second-order valence-electron chi connectivity index (χ2n) is 6.59. The van der Waals surface area contributed by atoms with Crippen molar-refractivity contribution in [1.82, 2.24) is 14.6 Å². The predicted molar refractivity (Wildman–Crippen MR) is 112 cm³/mol. The van der Waals surface area contributed by atoms with Crippen LogP contribution in [0.4, 0.5) is 0 Å². The molecule has 0 spiro atoms. The van der Waals surface area contributed by atoms with Crippen LogP contribution in [0.2, 0.25) is 0 Å². The summed E-state index contributed by atoms with van der Waals surface area (Å²) in [5.74, 6) is 0. The molecule has 5 aromatic rings. The molecule has 3 aromatic carbocycles. The van der Waals surface area contributed by atoms with Crippen molar-refractivity contribution in [2.45, 2.75) is 4.90 Å². The Morgan fingerprint density at radius 1 is 0.893 bits per heavy atom. The van der Waals surface area contributed by atoms with Gasteiger partial charge in [-0.25, -0.2) is 17.9 Å². The maximum atomic E-state index is 11.8. The molecule has 0 unspecified atom stereocenters. The van der Waals surface area contributed by atoms with Crippen LogP contribution in [-0.4, -0.2) is 29.3 Å². The third-order valence-corrected chi connectivity index (χ3v) is 6.93. The predicted octanol–water partition coefficient (Wildman–Crippen LogP) is 4.68. The first-order chi connectivity index (χ1) is 13.5. The van der Waals surface area contributed by atoms with Gasteiger partial charge in [0.1, 0.15) is 6.33 Å². The van der Waals surface area contributed by atoms with Gasteiger partial charge in [-0.1, -0.05) is 59.9 Å². The third-order valence-electron chi connectivity index (χ3n) is 4.70. The molecule has 0 aliphatic heterocycles. The highest BCUT2D eigenvalue weighted by atomic mass is 32.2. The highest BCUT2D eigenvalue weighted by molar-refractivity contribution is 7.90. The molecule has 2 aromatic heterocycles. The lowest BCUT2D eigenvalue weighted by atomic mass is 10.0. The summed E-state index contributed by atoms with van der Waals surface area (Å²) >= 11 is 1.54. The van der Waals surface area contributed by atoms with E-state index in [9.17, 15) is 8.42 Å². The summed E-state index contributed by atoms with van der Waals surface area (Å²) in [5, 5.41) is 6.73. The summed E-state index contributed by atoms with van der Waals surface area (Å²) in [6.45, 7) is 0. The van der Waals surface area contributed by atoms with Gasteiger partial charge in [-0.3, -0.25) is 0 Å². The highest BCUT2D eigenvalue weighted by Crippen LogP contribution is 2.39.